The number of nitrogen functional groups attached to an aromatic ring is 1. The van der Waals surface area contributed by atoms with Gasteiger partial charge in [0.15, 0.2) is 23.9 Å². The molecule has 0 saturated heterocycles. The molecule has 2 N–H and O–H groups in total. The lowest BCUT2D eigenvalue weighted by Crippen LogP contribution is -2.17. The van der Waals surface area contributed by atoms with E-state index in [4.69, 9.17) is 15.0 Å². The van der Waals surface area contributed by atoms with E-state index in [-0.39, 0.29) is 17.3 Å². The van der Waals surface area contributed by atoms with Crippen LogP contribution in [-0.4, -0.2) is 38.1 Å². The first kappa shape index (κ1) is 17.3. The zero-order valence-corrected chi connectivity index (χ0v) is 14.5. The smallest absolute Gasteiger partial charge is 0.361 e. The topological polar surface area (TPSA) is 126 Å². The summed E-state index contributed by atoms with van der Waals surface area (Å²) < 4.78 is 11.9. The SMILES string of the molecule is Cc1cc(-n2c(C)cc(C(=O)COC(=O)c3nccnc3N)c2C)no1. The van der Waals surface area contributed by atoms with E-state index in [1.54, 1.807) is 30.5 Å². The van der Waals surface area contributed by atoms with Crippen molar-refractivity contribution in [3.63, 3.8) is 0 Å². The third kappa shape index (κ3) is 3.18. The van der Waals surface area contributed by atoms with Gasteiger partial charge in [-0.3, -0.25) is 9.36 Å². The van der Waals surface area contributed by atoms with Crippen molar-refractivity contribution in [1.82, 2.24) is 19.7 Å². The van der Waals surface area contributed by atoms with Crippen LogP contribution < -0.4 is 5.73 Å². The Balaban J connectivity index is 1.77. The molecule has 0 aliphatic carbocycles. The van der Waals surface area contributed by atoms with E-state index in [1.165, 1.54) is 12.4 Å². The molecule has 0 bridgehead atoms. The van der Waals surface area contributed by atoms with Gasteiger partial charge in [-0.1, -0.05) is 5.16 Å². The van der Waals surface area contributed by atoms with Gasteiger partial charge in [0.05, 0.1) is 0 Å². The van der Waals surface area contributed by atoms with E-state index in [0.29, 0.717) is 22.8 Å². The fourth-order valence-electron chi connectivity index (χ4n) is 2.64. The Kier molecular flexibility index (Phi) is 4.53. The number of esters is 1. The minimum atomic E-state index is -0.801. The van der Waals surface area contributed by atoms with Crippen molar-refractivity contribution in [2.24, 2.45) is 0 Å². The molecule has 3 aromatic heterocycles. The number of carbonyl (C=O) groups is 2. The van der Waals surface area contributed by atoms with E-state index in [2.05, 4.69) is 15.1 Å². The second kappa shape index (κ2) is 6.79. The first-order chi connectivity index (χ1) is 12.4. The van der Waals surface area contributed by atoms with Gasteiger partial charge in [-0.05, 0) is 26.8 Å². The standard InChI is InChI=1S/C17H17N5O4/c1-9-6-12(11(3)22(9)14-7-10(2)26-21-14)13(23)8-25-17(24)15-16(18)20-5-4-19-15/h4-7H,8H2,1-3H3,(H2,18,20). The van der Waals surface area contributed by atoms with Gasteiger partial charge in [-0.15, -0.1) is 0 Å². The lowest BCUT2D eigenvalue weighted by atomic mass is 10.1. The summed E-state index contributed by atoms with van der Waals surface area (Å²) in [6, 6.07) is 3.48. The number of ether oxygens (including phenoxy) is 1. The van der Waals surface area contributed by atoms with Crippen molar-refractivity contribution in [2.45, 2.75) is 20.8 Å². The Morgan fingerprint density at radius 1 is 1.19 bits per heavy atom. The van der Waals surface area contributed by atoms with Crippen LogP contribution >= 0.6 is 0 Å². The lowest BCUT2D eigenvalue weighted by molar-refractivity contribution is 0.0469. The molecular formula is C17H17N5O4. The molecule has 0 aliphatic rings. The van der Waals surface area contributed by atoms with Crippen LogP contribution in [0.4, 0.5) is 5.82 Å². The fraction of sp³-hybridized carbons (Fsp3) is 0.235. The Bertz CT molecular complexity index is 989. The average molecular weight is 355 g/mol. The summed E-state index contributed by atoms with van der Waals surface area (Å²) in [5.74, 6) is 0.0477. The van der Waals surface area contributed by atoms with Crippen LogP contribution in [0.25, 0.3) is 5.82 Å². The number of ketones is 1. The predicted octanol–water partition coefficient (Wildman–Crippen LogP) is 1.80. The molecule has 0 spiro atoms. The molecule has 0 aliphatic heterocycles. The maximum Gasteiger partial charge on any atom is 0.361 e. The lowest BCUT2D eigenvalue weighted by Gasteiger charge is -2.06. The van der Waals surface area contributed by atoms with Crippen molar-refractivity contribution in [3.8, 4) is 5.82 Å². The molecule has 9 heteroatoms. The molecule has 0 fully saturated rings. The monoisotopic (exact) mass is 355 g/mol. The molecular weight excluding hydrogens is 338 g/mol. The van der Waals surface area contributed by atoms with Crippen LogP contribution in [0.1, 0.15) is 38.0 Å². The molecule has 9 nitrogen and oxygen atoms in total. The first-order valence-electron chi connectivity index (χ1n) is 7.78. The quantitative estimate of drug-likeness (QED) is 0.542. The second-order valence-corrected chi connectivity index (χ2v) is 5.71. The van der Waals surface area contributed by atoms with Gasteiger partial charge < -0.3 is 15.0 Å². The van der Waals surface area contributed by atoms with Crippen LogP contribution in [0.5, 0.6) is 0 Å². The van der Waals surface area contributed by atoms with Crippen molar-refractivity contribution in [1.29, 1.82) is 0 Å². The maximum atomic E-state index is 12.5. The number of aromatic nitrogens is 4. The van der Waals surface area contributed by atoms with Gasteiger partial charge in [-0.25, -0.2) is 14.8 Å². The summed E-state index contributed by atoms with van der Waals surface area (Å²) in [4.78, 5) is 32.1. The number of hydrogen-bond donors (Lipinski definition) is 1. The molecule has 0 radical (unpaired) electrons. The molecule has 0 atom stereocenters. The third-order valence-corrected chi connectivity index (χ3v) is 3.83. The minimum absolute atomic E-state index is 0.0514. The molecule has 26 heavy (non-hydrogen) atoms. The number of rotatable bonds is 5. The normalized spacial score (nSPS) is 10.7. The van der Waals surface area contributed by atoms with Crippen molar-refractivity contribution < 1.29 is 18.8 Å². The molecule has 3 rings (SSSR count). The number of nitrogens with two attached hydrogens (primary N) is 1. The van der Waals surface area contributed by atoms with Gasteiger partial charge in [0.1, 0.15) is 5.76 Å². The molecule has 134 valence electrons. The second-order valence-electron chi connectivity index (χ2n) is 5.71. The van der Waals surface area contributed by atoms with Gasteiger partial charge in [0, 0.05) is 35.4 Å². The number of nitrogens with zero attached hydrogens (tertiary/aromatic N) is 4. The summed E-state index contributed by atoms with van der Waals surface area (Å²) in [6.07, 6.45) is 2.68. The van der Waals surface area contributed by atoms with Crippen LogP contribution in [0, 0.1) is 20.8 Å². The molecule has 3 heterocycles. The molecule has 0 amide bonds. The van der Waals surface area contributed by atoms with E-state index in [1.807, 2.05) is 6.92 Å². The van der Waals surface area contributed by atoms with Gasteiger partial charge >= 0.3 is 5.97 Å². The summed E-state index contributed by atoms with van der Waals surface area (Å²) in [5, 5.41) is 3.97. The zero-order valence-electron chi connectivity index (χ0n) is 14.5. The van der Waals surface area contributed by atoms with Crippen molar-refractivity contribution in [2.75, 3.05) is 12.3 Å². The van der Waals surface area contributed by atoms with E-state index >= 15 is 0 Å². The van der Waals surface area contributed by atoms with Crippen LogP contribution in [-0.2, 0) is 4.74 Å². The average Bonchev–Trinajstić information content (AvgIpc) is 3.15. The number of anilines is 1. The number of carbonyl (C=O) groups excluding carboxylic acids is 2. The largest absolute Gasteiger partial charge is 0.452 e. The zero-order chi connectivity index (χ0) is 18.8. The molecule has 3 aromatic rings. The maximum absolute atomic E-state index is 12.5. The summed E-state index contributed by atoms with van der Waals surface area (Å²) in [5.41, 5.74) is 7.37. The summed E-state index contributed by atoms with van der Waals surface area (Å²) >= 11 is 0. The molecule has 0 aromatic carbocycles. The summed E-state index contributed by atoms with van der Waals surface area (Å²) in [7, 11) is 0. The van der Waals surface area contributed by atoms with Crippen molar-refractivity contribution in [3.05, 3.63) is 52.9 Å². The van der Waals surface area contributed by atoms with Gasteiger partial charge in [0.2, 0.25) is 5.78 Å². The highest BCUT2D eigenvalue weighted by Crippen LogP contribution is 2.21. The van der Waals surface area contributed by atoms with E-state index in [9.17, 15) is 9.59 Å². The number of aryl methyl sites for hydroxylation is 2. The Labute approximate surface area is 148 Å². The van der Waals surface area contributed by atoms with Crippen LogP contribution in [0.15, 0.2) is 29.0 Å². The first-order valence-corrected chi connectivity index (χ1v) is 7.78. The number of Topliss-reactive ketones (excluding diaryl/α,β-unsaturated/α-hetero) is 1. The number of hydrogen-bond acceptors (Lipinski definition) is 8. The van der Waals surface area contributed by atoms with Gasteiger partial charge in [0.25, 0.3) is 0 Å². The Morgan fingerprint density at radius 2 is 1.92 bits per heavy atom. The molecule has 0 saturated carbocycles. The molecule has 0 unspecified atom stereocenters. The fourth-order valence-corrected chi connectivity index (χ4v) is 2.64. The highest BCUT2D eigenvalue weighted by Gasteiger charge is 2.21. The van der Waals surface area contributed by atoms with Gasteiger partial charge in [-0.2, -0.15) is 0 Å². The van der Waals surface area contributed by atoms with Crippen LogP contribution in [0.3, 0.4) is 0 Å². The van der Waals surface area contributed by atoms with E-state index in [0.717, 1.165) is 5.69 Å². The third-order valence-electron chi connectivity index (χ3n) is 3.83. The van der Waals surface area contributed by atoms with E-state index < -0.39 is 12.6 Å². The Hall–Kier alpha value is -3.49. The van der Waals surface area contributed by atoms with Crippen molar-refractivity contribution >= 4 is 17.6 Å². The summed E-state index contributed by atoms with van der Waals surface area (Å²) in [6.45, 7) is 4.98. The Morgan fingerprint density at radius 3 is 2.58 bits per heavy atom. The minimum Gasteiger partial charge on any atom is -0.452 e. The highest BCUT2D eigenvalue weighted by atomic mass is 16.5. The predicted molar refractivity (Wildman–Crippen MR) is 91.1 cm³/mol. The van der Waals surface area contributed by atoms with Crippen LogP contribution in [0.2, 0.25) is 0 Å². The highest BCUT2D eigenvalue weighted by molar-refractivity contribution is 6.00.